The number of aromatic hydroxyl groups is 1. The molecule has 0 aromatic carbocycles. The molecule has 1 aromatic rings. The van der Waals surface area contributed by atoms with Gasteiger partial charge in [-0.2, -0.15) is 8.78 Å². The highest BCUT2D eigenvalue weighted by Crippen LogP contribution is 2.13. The predicted molar refractivity (Wildman–Crippen MR) is 30.3 cm³/mol. The van der Waals surface area contributed by atoms with Gasteiger partial charge in [0.05, 0.1) is 6.07 Å². The summed E-state index contributed by atoms with van der Waals surface area (Å²) in [5.41, 5.74) is 0. The summed E-state index contributed by atoms with van der Waals surface area (Å²) in [5, 5.41) is 8.65. The molecule has 0 radical (unpaired) electrons. The first-order valence-electron chi connectivity index (χ1n) is 2.64. The maximum atomic E-state index is 11.5. The van der Waals surface area contributed by atoms with Gasteiger partial charge >= 0.3 is 6.61 Å². The monoisotopic (exact) mass is 162 g/mol. The van der Waals surface area contributed by atoms with E-state index in [1.54, 1.807) is 0 Å². The van der Waals surface area contributed by atoms with Crippen molar-refractivity contribution in [1.82, 2.24) is 9.97 Å². The zero-order chi connectivity index (χ0) is 8.27. The van der Waals surface area contributed by atoms with Gasteiger partial charge in [0.15, 0.2) is 0 Å². The molecule has 4 nitrogen and oxygen atoms in total. The quantitative estimate of drug-likeness (QED) is 0.698. The van der Waals surface area contributed by atoms with Crippen molar-refractivity contribution in [3.8, 4) is 11.8 Å². The van der Waals surface area contributed by atoms with Crippen molar-refractivity contribution in [2.75, 3.05) is 0 Å². The molecule has 0 spiro atoms. The van der Waals surface area contributed by atoms with Crippen LogP contribution in [0, 0.1) is 0 Å². The summed E-state index contributed by atoms with van der Waals surface area (Å²) in [6, 6.07) is 0.895. The van der Waals surface area contributed by atoms with Crippen LogP contribution in [0.3, 0.4) is 0 Å². The summed E-state index contributed by atoms with van der Waals surface area (Å²) in [5.74, 6) is -0.761. The van der Waals surface area contributed by atoms with Gasteiger partial charge in [-0.15, -0.1) is 0 Å². The SMILES string of the molecule is Oc1cc(OC(F)F)ncn1. The maximum Gasteiger partial charge on any atom is 0.388 e. The molecule has 0 fully saturated rings. The van der Waals surface area contributed by atoms with Gasteiger partial charge in [-0.05, 0) is 0 Å². The van der Waals surface area contributed by atoms with Crippen molar-refractivity contribution in [2.45, 2.75) is 6.61 Å². The minimum absolute atomic E-state index is 0.354. The third kappa shape index (κ3) is 2.32. The van der Waals surface area contributed by atoms with Gasteiger partial charge in [0.25, 0.3) is 0 Å². The second-order valence-electron chi connectivity index (χ2n) is 1.59. The number of hydrogen-bond acceptors (Lipinski definition) is 4. The van der Waals surface area contributed by atoms with Gasteiger partial charge in [0.1, 0.15) is 6.33 Å². The average Bonchev–Trinajstić information content (AvgIpc) is 1.85. The highest BCUT2D eigenvalue weighted by Gasteiger charge is 2.05. The van der Waals surface area contributed by atoms with Gasteiger partial charge in [-0.25, -0.2) is 9.97 Å². The highest BCUT2D eigenvalue weighted by atomic mass is 19.3. The fourth-order valence-electron chi connectivity index (χ4n) is 0.486. The molecule has 1 aromatic heterocycles. The minimum atomic E-state index is -2.94. The summed E-state index contributed by atoms with van der Waals surface area (Å²) in [7, 11) is 0. The Balaban J connectivity index is 2.71. The standard InChI is InChI=1S/C5H4F2N2O2/c6-5(7)11-4-1-3(10)8-2-9-4/h1-2,5H,(H,8,9,10). The molecule has 0 aliphatic carbocycles. The summed E-state index contributed by atoms with van der Waals surface area (Å²) >= 11 is 0. The lowest BCUT2D eigenvalue weighted by atomic mass is 10.6. The Morgan fingerprint density at radius 2 is 2.18 bits per heavy atom. The lowest BCUT2D eigenvalue weighted by molar-refractivity contribution is -0.0530. The highest BCUT2D eigenvalue weighted by molar-refractivity contribution is 5.16. The van der Waals surface area contributed by atoms with Crippen molar-refractivity contribution >= 4 is 0 Å². The van der Waals surface area contributed by atoms with Crippen LogP contribution in [-0.2, 0) is 0 Å². The van der Waals surface area contributed by atoms with E-state index in [0.717, 1.165) is 12.4 Å². The molecule has 0 amide bonds. The van der Waals surface area contributed by atoms with Crippen molar-refractivity contribution < 1.29 is 18.6 Å². The Bertz CT molecular complexity index is 244. The number of nitrogens with zero attached hydrogens (tertiary/aromatic N) is 2. The van der Waals surface area contributed by atoms with E-state index >= 15 is 0 Å². The number of hydrogen-bond donors (Lipinski definition) is 1. The van der Waals surface area contributed by atoms with Crippen LogP contribution < -0.4 is 4.74 Å². The van der Waals surface area contributed by atoms with Crippen LogP contribution >= 0.6 is 0 Å². The lowest BCUT2D eigenvalue weighted by Crippen LogP contribution is -2.03. The normalized spacial score (nSPS) is 10.1. The molecule has 11 heavy (non-hydrogen) atoms. The molecule has 0 saturated carbocycles. The summed E-state index contributed by atoms with van der Waals surface area (Å²) in [6.45, 7) is -2.94. The van der Waals surface area contributed by atoms with Crippen molar-refractivity contribution in [3.05, 3.63) is 12.4 Å². The number of halogens is 2. The molecule has 6 heteroatoms. The van der Waals surface area contributed by atoms with Gasteiger partial charge < -0.3 is 9.84 Å². The zero-order valence-electron chi connectivity index (χ0n) is 5.24. The van der Waals surface area contributed by atoms with Gasteiger partial charge in [-0.1, -0.05) is 0 Å². The number of aromatic nitrogens is 2. The smallest absolute Gasteiger partial charge is 0.388 e. The molecule has 1 rings (SSSR count). The van der Waals surface area contributed by atoms with E-state index < -0.39 is 12.5 Å². The number of alkyl halides is 2. The molecule has 0 bridgehead atoms. The molecule has 0 aliphatic rings. The van der Waals surface area contributed by atoms with E-state index in [-0.39, 0.29) is 5.88 Å². The number of ether oxygens (including phenoxy) is 1. The van der Waals surface area contributed by atoms with E-state index in [0.29, 0.717) is 0 Å². The Labute approximate surface area is 60.5 Å². The van der Waals surface area contributed by atoms with Crippen LogP contribution in [0.25, 0.3) is 0 Å². The summed E-state index contributed by atoms with van der Waals surface area (Å²) < 4.78 is 26.8. The predicted octanol–water partition coefficient (Wildman–Crippen LogP) is 0.784. The molecule has 0 aliphatic heterocycles. The van der Waals surface area contributed by atoms with Gasteiger partial charge in [-0.3, -0.25) is 0 Å². The summed E-state index contributed by atoms with van der Waals surface area (Å²) in [4.78, 5) is 6.57. The molecule has 1 heterocycles. The maximum absolute atomic E-state index is 11.5. The first kappa shape index (κ1) is 7.64. The molecular formula is C5H4F2N2O2. The third-order valence-corrected chi connectivity index (χ3v) is 0.837. The van der Waals surface area contributed by atoms with Crippen LogP contribution in [0.15, 0.2) is 12.4 Å². The number of rotatable bonds is 2. The second kappa shape index (κ2) is 3.09. The molecule has 1 N–H and O–H groups in total. The topological polar surface area (TPSA) is 55.2 Å². The van der Waals surface area contributed by atoms with E-state index in [4.69, 9.17) is 5.11 Å². The van der Waals surface area contributed by atoms with Gasteiger partial charge in [0.2, 0.25) is 11.8 Å². The molecule has 0 unspecified atom stereocenters. The van der Waals surface area contributed by atoms with E-state index in [1.807, 2.05) is 0 Å². The Kier molecular flexibility index (Phi) is 2.15. The van der Waals surface area contributed by atoms with Crippen LogP contribution in [0.2, 0.25) is 0 Å². The third-order valence-electron chi connectivity index (χ3n) is 0.837. The van der Waals surface area contributed by atoms with Crippen LogP contribution in [0.5, 0.6) is 11.8 Å². The average molecular weight is 162 g/mol. The van der Waals surface area contributed by atoms with E-state index in [1.165, 1.54) is 0 Å². The first-order chi connectivity index (χ1) is 5.18. The Morgan fingerprint density at radius 1 is 1.45 bits per heavy atom. The van der Waals surface area contributed by atoms with Crippen LogP contribution in [-0.4, -0.2) is 21.7 Å². The zero-order valence-corrected chi connectivity index (χ0v) is 5.24. The fourth-order valence-corrected chi connectivity index (χ4v) is 0.486. The largest absolute Gasteiger partial charge is 0.493 e. The van der Waals surface area contributed by atoms with Crippen molar-refractivity contribution in [3.63, 3.8) is 0 Å². The molecule has 0 saturated heterocycles. The Morgan fingerprint density at radius 3 is 2.73 bits per heavy atom. The van der Waals surface area contributed by atoms with E-state index in [9.17, 15) is 8.78 Å². The Hall–Kier alpha value is -1.46. The van der Waals surface area contributed by atoms with Crippen molar-refractivity contribution in [2.24, 2.45) is 0 Å². The lowest BCUT2D eigenvalue weighted by Gasteiger charge is -2.00. The molecule has 0 atom stereocenters. The fraction of sp³-hybridized carbons (Fsp3) is 0.200. The minimum Gasteiger partial charge on any atom is -0.493 e. The van der Waals surface area contributed by atoms with Crippen LogP contribution in [0.1, 0.15) is 0 Å². The summed E-state index contributed by atoms with van der Waals surface area (Å²) in [6.07, 6.45) is 0.924. The first-order valence-corrected chi connectivity index (χ1v) is 2.64. The van der Waals surface area contributed by atoms with E-state index in [2.05, 4.69) is 14.7 Å². The van der Waals surface area contributed by atoms with Crippen LogP contribution in [0.4, 0.5) is 8.78 Å². The van der Waals surface area contributed by atoms with Gasteiger partial charge in [0, 0.05) is 0 Å². The molecular weight excluding hydrogens is 158 g/mol. The second-order valence-corrected chi connectivity index (χ2v) is 1.59. The molecule has 60 valence electrons. The van der Waals surface area contributed by atoms with Crippen molar-refractivity contribution in [1.29, 1.82) is 0 Å².